The van der Waals surface area contributed by atoms with Crippen LogP contribution in [0.15, 0.2) is 53.4 Å². The van der Waals surface area contributed by atoms with Crippen molar-refractivity contribution in [2.75, 3.05) is 7.11 Å². The quantitative estimate of drug-likeness (QED) is 0.805. The molecule has 0 heterocycles. The molecule has 1 fully saturated rings. The van der Waals surface area contributed by atoms with Gasteiger partial charge in [0, 0.05) is 16.9 Å². The summed E-state index contributed by atoms with van der Waals surface area (Å²) >= 11 is 10.9. The van der Waals surface area contributed by atoms with Gasteiger partial charge in [0.25, 0.3) is 0 Å². The Morgan fingerprint density at radius 3 is 2.21 bits per heavy atom. The summed E-state index contributed by atoms with van der Waals surface area (Å²) in [4.78, 5) is 0.451. The molecule has 0 bridgehead atoms. The van der Waals surface area contributed by atoms with Gasteiger partial charge in [-0.25, -0.2) is 8.42 Å². The highest BCUT2D eigenvalue weighted by molar-refractivity contribution is 7.92. The first-order chi connectivity index (χ1) is 11.4. The van der Waals surface area contributed by atoms with Crippen LogP contribution < -0.4 is 10.5 Å². The predicted molar refractivity (Wildman–Crippen MR) is 98.4 cm³/mol. The Labute approximate surface area is 151 Å². The average Bonchev–Trinajstić information content (AvgIpc) is 3.32. The number of hydrogen-bond donors (Lipinski definition) is 1. The third-order valence-electron chi connectivity index (χ3n) is 4.28. The Bertz CT molecular complexity index is 864. The molecule has 0 amide bonds. The number of benzene rings is 2. The van der Waals surface area contributed by atoms with Crippen molar-refractivity contribution in [3.63, 3.8) is 0 Å². The molecule has 1 aliphatic carbocycles. The molecule has 0 spiro atoms. The minimum atomic E-state index is -3.55. The third kappa shape index (κ3) is 3.01. The number of rotatable bonds is 5. The second kappa shape index (κ2) is 6.35. The van der Waals surface area contributed by atoms with Crippen molar-refractivity contribution < 1.29 is 13.2 Å². The van der Waals surface area contributed by atoms with E-state index in [2.05, 4.69) is 0 Å². The molecule has 0 saturated heterocycles. The average molecular weight is 382 g/mol. The molecule has 1 saturated carbocycles. The van der Waals surface area contributed by atoms with Gasteiger partial charge < -0.3 is 10.5 Å². The maximum atomic E-state index is 12.9. The molecule has 2 aromatic carbocycles. The zero-order valence-corrected chi connectivity index (χ0v) is 15.2. The molecule has 7 heteroatoms. The lowest BCUT2D eigenvalue weighted by Crippen LogP contribution is -2.17. The highest BCUT2D eigenvalue weighted by Gasteiger charge is 2.60. The van der Waals surface area contributed by atoms with Crippen molar-refractivity contribution in [1.82, 2.24) is 0 Å². The van der Waals surface area contributed by atoms with Crippen LogP contribution in [0, 0.1) is 5.92 Å². The summed E-state index contributed by atoms with van der Waals surface area (Å²) in [7, 11) is -1.97. The monoisotopic (exact) mass is 381 g/mol. The van der Waals surface area contributed by atoms with Crippen molar-refractivity contribution in [1.29, 1.82) is 0 Å². The summed E-state index contributed by atoms with van der Waals surface area (Å²) in [5, 5.41) is -0.160. The lowest BCUT2D eigenvalue weighted by molar-refractivity contribution is 0.414. The van der Waals surface area contributed by atoms with Crippen molar-refractivity contribution in [3.8, 4) is 5.75 Å². The predicted octanol–water partition coefficient (Wildman–Crippen LogP) is 3.19. The molecule has 126 valence electrons. The van der Waals surface area contributed by atoms with E-state index in [0.29, 0.717) is 10.8 Å². The van der Waals surface area contributed by atoms with Crippen molar-refractivity contribution in [2.45, 2.75) is 16.1 Å². The molecule has 3 unspecified atom stereocenters. The minimum absolute atomic E-state index is 0.221. The van der Waals surface area contributed by atoms with Gasteiger partial charge in [0.1, 0.15) is 5.75 Å². The smallest absolute Gasteiger partial charge is 0.182 e. The molecule has 24 heavy (non-hydrogen) atoms. The first-order valence-corrected chi connectivity index (χ1v) is 9.62. The lowest BCUT2D eigenvalue weighted by atomic mass is 10.1. The number of thiocarbonyl (C=S) groups is 1. The second-order valence-corrected chi connectivity index (χ2v) is 8.70. The third-order valence-corrected chi connectivity index (χ3v) is 7.04. The van der Waals surface area contributed by atoms with Crippen LogP contribution in [-0.4, -0.2) is 25.8 Å². The molecule has 0 radical (unpaired) electrons. The Balaban J connectivity index is 1.96. The molecular weight excluding hydrogens is 366 g/mol. The van der Waals surface area contributed by atoms with Gasteiger partial charge >= 0.3 is 0 Å². The van der Waals surface area contributed by atoms with Gasteiger partial charge in [-0.2, -0.15) is 0 Å². The lowest BCUT2D eigenvalue weighted by Gasteiger charge is -2.05. The summed E-state index contributed by atoms with van der Waals surface area (Å²) in [6, 6.07) is 13.5. The largest absolute Gasteiger partial charge is 0.497 e. The molecular formula is C17H16ClNO3S2. The van der Waals surface area contributed by atoms with Gasteiger partial charge in [0.05, 0.1) is 22.2 Å². The van der Waals surface area contributed by atoms with Crippen LogP contribution in [0.5, 0.6) is 5.75 Å². The molecule has 3 rings (SSSR count). The number of hydrogen-bond acceptors (Lipinski definition) is 4. The zero-order valence-electron chi connectivity index (χ0n) is 12.8. The van der Waals surface area contributed by atoms with E-state index in [4.69, 9.17) is 34.3 Å². The normalized spacial score (nSPS) is 22.8. The number of sulfone groups is 1. The second-order valence-electron chi connectivity index (χ2n) is 5.69. The molecule has 3 atom stereocenters. The number of methoxy groups -OCH3 is 1. The first kappa shape index (κ1) is 17.2. The maximum absolute atomic E-state index is 12.9. The summed E-state index contributed by atoms with van der Waals surface area (Å²) < 4.78 is 31.0. The van der Waals surface area contributed by atoms with E-state index >= 15 is 0 Å². The van der Waals surface area contributed by atoms with Crippen LogP contribution >= 0.6 is 23.8 Å². The highest BCUT2D eigenvalue weighted by Crippen LogP contribution is 2.54. The van der Waals surface area contributed by atoms with E-state index < -0.39 is 15.1 Å². The minimum Gasteiger partial charge on any atom is -0.497 e. The molecule has 0 aliphatic heterocycles. The number of nitrogens with two attached hydrogens (primary N) is 1. The Hall–Kier alpha value is -1.63. The van der Waals surface area contributed by atoms with Crippen LogP contribution in [-0.2, 0) is 9.84 Å². The standard InChI is InChI=1S/C17H16ClNO3S2/c1-22-12-6-2-10(3-7-12)14-15(17(19)23)16(14)24(20,21)13-8-4-11(18)5-9-13/h2-9,14-16H,1H3,(H2,19,23). The molecule has 2 N–H and O–H groups in total. The van der Waals surface area contributed by atoms with Gasteiger partial charge in [0.15, 0.2) is 9.84 Å². The molecule has 2 aromatic rings. The van der Waals surface area contributed by atoms with Gasteiger partial charge in [-0.05, 0) is 42.0 Å². The van der Waals surface area contributed by atoms with Crippen molar-refractivity contribution in [3.05, 3.63) is 59.1 Å². The Kier molecular flexibility index (Phi) is 4.55. The van der Waals surface area contributed by atoms with Gasteiger partial charge in [-0.3, -0.25) is 0 Å². The summed E-state index contributed by atoms with van der Waals surface area (Å²) in [6.07, 6.45) is 0. The topological polar surface area (TPSA) is 69.4 Å². The Morgan fingerprint density at radius 2 is 1.71 bits per heavy atom. The van der Waals surface area contributed by atoms with Gasteiger partial charge in [-0.1, -0.05) is 36.0 Å². The first-order valence-electron chi connectivity index (χ1n) is 7.29. The van der Waals surface area contributed by atoms with Gasteiger partial charge in [-0.15, -0.1) is 0 Å². The van der Waals surface area contributed by atoms with Crippen molar-refractivity contribution in [2.24, 2.45) is 11.7 Å². The molecule has 0 aromatic heterocycles. The SMILES string of the molecule is COc1ccc(C2C(C(N)=S)C2S(=O)(=O)c2ccc(Cl)cc2)cc1. The maximum Gasteiger partial charge on any atom is 0.182 e. The highest BCUT2D eigenvalue weighted by atomic mass is 35.5. The van der Waals surface area contributed by atoms with E-state index in [0.717, 1.165) is 5.56 Å². The van der Waals surface area contributed by atoms with Crippen LogP contribution in [0.25, 0.3) is 0 Å². The van der Waals surface area contributed by atoms with Crippen LogP contribution in [0.4, 0.5) is 0 Å². The summed E-state index contributed by atoms with van der Waals surface area (Å²) in [6.45, 7) is 0. The summed E-state index contributed by atoms with van der Waals surface area (Å²) in [5.41, 5.74) is 6.68. The molecule has 1 aliphatic rings. The van der Waals surface area contributed by atoms with E-state index in [9.17, 15) is 8.42 Å². The number of ether oxygens (including phenoxy) is 1. The van der Waals surface area contributed by atoms with Gasteiger partial charge in [0.2, 0.25) is 0 Å². The fraction of sp³-hybridized carbons (Fsp3) is 0.235. The van der Waals surface area contributed by atoms with Crippen LogP contribution in [0.3, 0.4) is 0 Å². The number of halogens is 1. The van der Waals surface area contributed by atoms with Crippen molar-refractivity contribution >= 4 is 38.6 Å². The van der Waals surface area contributed by atoms with E-state index in [1.165, 1.54) is 12.1 Å². The van der Waals surface area contributed by atoms with Crippen LogP contribution in [0.1, 0.15) is 11.5 Å². The summed E-state index contributed by atoms with van der Waals surface area (Å²) in [5.74, 6) is 0.103. The molecule has 4 nitrogen and oxygen atoms in total. The Morgan fingerprint density at radius 1 is 1.12 bits per heavy atom. The van der Waals surface area contributed by atoms with E-state index in [1.54, 1.807) is 31.4 Å². The zero-order chi connectivity index (χ0) is 17.5. The van der Waals surface area contributed by atoms with Crippen LogP contribution in [0.2, 0.25) is 5.02 Å². The van der Waals surface area contributed by atoms with E-state index in [-0.39, 0.29) is 21.7 Å². The fourth-order valence-corrected chi connectivity index (χ4v) is 5.67. The van der Waals surface area contributed by atoms with E-state index in [1.807, 2.05) is 12.1 Å². The fourth-order valence-electron chi connectivity index (χ4n) is 3.01.